The van der Waals surface area contributed by atoms with Crippen LogP contribution in [0.1, 0.15) is 34.6 Å². The maximum Gasteiger partial charge on any atom is 0.276 e. The van der Waals surface area contributed by atoms with Gasteiger partial charge in [0.25, 0.3) is 5.91 Å². The molecule has 7 nitrogen and oxygen atoms in total. The Morgan fingerprint density at radius 3 is 2.96 bits per heavy atom. The lowest BCUT2D eigenvalue weighted by Crippen LogP contribution is -2.15. The highest BCUT2D eigenvalue weighted by molar-refractivity contribution is 6.04. The zero-order chi connectivity index (χ0) is 17.1. The fraction of sp³-hybridized carbons (Fsp3) is 0.222. The van der Waals surface area contributed by atoms with Crippen molar-refractivity contribution >= 4 is 11.6 Å². The van der Waals surface area contributed by atoms with Gasteiger partial charge in [0.15, 0.2) is 5.69 Å². The number of aryl methyl sites for hydroxylation is 1. The first kappa shape index (κ1) is 15.3. The van der Waals surface area contributed by atoms with E-state index < -0.39 is 0 Å². The van der Waals surface area contributed by atoms with Crippen molar-refractivity contribution in [2.75, 3.05) is 5.32 Å². The number of anilines is 1. The number of aromatic amines is 1. The molecule has 0 saturated carbocycles. The Morgan fingerprint density at radius 2 is 2.08 bits per heavy atom. The molecule has 1 aliphatic rings. The topological polar surface area (TPSA) is 92.8 Å². The normalized spacial score (nSPS) is 13.1. The van der Waals surface area contributed by atoms with Crippen LogP contribution in [0.25, 0.3) is 0 Å². The van der Waals surface area contributed by atoms with Gasteiger partial charge in [-0.1, -0.05) is 6.07 Å². The Morgan fingerprint density at radius 1 is 1.16 bits per heavy atom. The molecule has 2 heterocycles. The number of hydrogen-bond acceptors (Lipinski definition) is 5. The molecule has 1 aromatic carbocycles. The number of benzene rings is 1. The average Bonchev–Trinajstić information content (AvgIpc) is 3.07. The molecule has 0 fully saturated rings. The summed E-state index contributed by atoms with van der Waals surface area (Å²) >= 11 is 0. The van der Waals surface area contributed by atoms with Crippen LogP contribution in [0.2, 0.25) is 0 Å². The van der Waals surface area contributed by atoms with Crippen LogP contribution >= 0.6 is 0 Å². The van der Waals surface area contributed by atoms with Crippen LogP contribution < -0.4 is 10.1 Å². The number of ether oxygens (including phenoxy) is 1. The summed E-state index contributed by atoms with van der Waals surface area (Å²) < 4.78 is 5.64. The third-order valence-electron chi connectivity index (χ3n) is 4.13. The maximum absolute atomic E-state index is 12.6. The van der Waals surface area contributed by atoms with Crippen molar-refractivity contribution in [1.29, 1.82) is 0 Å². The van der Waals surface area contributed by atoms with E-state index in [-0.39, 0.29) is 5.91 Å². The van der Waals surface area contributed by atoms with Gasteiger partial charge in [0.05, 0.1) is 0 Å². The highest BCUT2D eigenvalue weighted by atomic mass is 16.5. The van der Waals surface area contributed by atoms with Gasteiger partial charge in [-0.2, -0.15) is 10.2 Å². The van der Waals surface area contributed by atoms with Crippen LogP contribution in [-0.4, -0.2) is 26.3 Å². The summed E-state index contributed by atoms with van der Waals surface area (Å²) in [6.45, 7) is 0. The molecule has 25 heavy (non-hydrogen) atoms. The second kappa shape index (κ2) is 6.72. The van der Waals surface area contributed by atoms with E-state index in [1.807, 2.05) is 0 Å². The summed E-state index contributed by atoms with van der Waals surface area (Å²) in [5.41, 5.74) is 3.24. The molecule has 4 rings (SSSR count). The van der Waals surface area contributed by atoms with Crippen LogP contribution in [0.3, 0.4) is 0 Å². The SMILES string of the molecule is O=C(Nc1cccc(Oc2cccnn2)c1)c1n[nH]c2c1CCCC2. The van der Waals surface area contributed by atoms with Gasteiger partial charge in [-0.05, 0) is 43.9 Å². The zero-order valence-corrected chi connectivity index (χ0v) is 13.5. The molecule has 0 atom stereocenters. The van der Waals surface area contributed by atoms with Crippen LogP contribution in [-0.2, 0) is 12.8 Å². The molecule has 1 aliphatic carbocycles. The molecule has 0 spiro atoms. The molecule has 0 unspecified atom stereocenters. The number of nitrogens with zero attached hydrogens (tertiary/aromatic N) is 3. The van der Waals surface area contributed by atoms with Gasteiger partial charge in [-0.25, -0.2) is 0 Å². The standard InChI is InChI=1S/C18H17N5O2/c24-18(17-14-7-1-2-8-15(14)21-23-17)20-12-5-3-6-13(11-12)25-16-9-4-10-19-22-16/h3-6,9-11H,1-2,7-8H2,(H,20,24)(H,21,23). The lowest BCUT2D eigenvalue weighted by atomic mass is 9.96. The highest BCUT2D eigenvalue weighted by Gasteiger charge is 2.21. The van der Waals surface area contributed by atoms with E-state index in [0.29, 0.717) is 23.0 Å². The zero-order valence-electron chi connectivity index (χ0n) is 13.5. The third kappa shape index (κ3) is 3.35. The molecule has 126 valence electrons. The molecular formula is C18H17N5O2. The van der Waals surface area contributed by atoms with Gasteiger partial charge in [0.2, 0.25) is 5.88 Å². The van der Waals surface area contributed by atoms with E-state index in [9.17, 15) is 4.79 Å². The van der Waals surface area contributed by atoms with E-state index >= 15 is 0 Å². The second-order valence-corrected chi connectivity index (χ2v) is 5.88. The van der Waals surface area contributed by atoms with E-state index in [2.05, 4.69) is 25.7 Å². The molecule has 0 aliphatic heterocycles. The lowest BCUT2D eigenvalue weighted by Gasteiger charge is -2.11. The van der Waals surface area contributed by atoms with Gasteiger partial charge >= 0.3 is 0 Å². The Labute approximate surface area is 144 Å². The lowest BCUT2D eigenvalue weighted by molar-refractivity contribution is 0.102. The van der Waals surface area contributed by atoms with E-state index in [1.165, 1.54) is 0 Å². The minimum Gasteiger partial charge on any atom is -0.437 e. The number of hydrogen-bond donors (Lipinski definition) is 2. The molecule has 0 saturated heterocycles. The molecule has 0 radical (unpaired) electrons. The Balaban J connectivity index is 1.50. The Kier molecular flexibility index (Phi) is 4.12. The summed E-state index contributed by atoms with van der Waals surface area (Å²) in [6, 6.07) is 10.6. The fourth-order valence-electron chi connectivity index (χ4n) is 2.96. The molecular weight excluding hydrogens is 318 g/mol. The van der Waals surface area contributed by atoms with Crippen LogP contribution in [0.5, 0.6) is 11.6 Å². The highest BCUT2D eigenvalue weighted by Crippen LogP contribution is 2.25. The van der Waals surface area contributed by atoms with Gasteiger partial charge in [-0.3, -0.25) is 9.89 Å². The number of aromatic nitrogens is 4. The minimum atomic E-state index is -0.212. The number of fused-ring (bicyclic) bond motifs is 1. The van der Waals surface area contributed by atoms with Crippen molar-refractivity contribution in [2.24, 2.45) is 0 Å². The fourth-order valence-corrected chi connectivity index (χ4v) is 2.96. The predicted molar refractivity (Wildman–Crippen MR) is 91.7 cm³/mol. The van der Waals surface area contributed by atoms with Crippen molar-refractivity contribution in [1.82, 2.24) is 20.4 Å². The van der Waals surface area contributed by atoms with Crippen molar-refractivity contribution < 1.29 is 9.53 Å². The van der Waals surface area contributed by atoms with Gasteiger partial charge in [-0.15, -0.1) is 5.10 Å². The van der Waals surface area contributed by atoms with Crippen molar-refractivity contribution in [3.63, 3.8) is 0 Å². The third-order valence-corrected chi connectivity index (χ3v) is 4.13. The number of rotatable bonds is 4. The first-order chi connectivity index (χ1) is 12.3. The summed E-state index contributed by atoms with van der Waals surface area (Å²) in [6.07, 6.45) is 5.65. The summed E-state index contributed by atoms with van der Waals surface area (Å²) in [4.78, 5) is 12.6. The molecule has 2 aromatic heterocycles. The summed E-state index contributed by atoms with van der Waals surface area (Å²) in [5, 5.41) is 17.7. The van der Waals surface area contributed by atoms with Crippen LogP contribution in [0.15, 0.2) is 42.6 Å². The van der Waals surface area contributed by atoms with Crippen molar-refractivity contribution in [3.05, 3.63) is 59.5 Å². The Bertz CT molecular complexity index is 891. The predicted octanol–water partition coefficient (Wildman–Crippen LogP) is 3.12. The molecule has 2 N–H and O–H groups in total. The van der Waals surface area contributed by atoms with Gasteiger partial charge in [0.1, 0.15) is 5.75 Å². The van der Waals surface area contributed by atoms with E-state index in [4.69, 9.17) is 4.74 Å². The van der Waals surface area contributed by atoms with Gasteiger partial charge in [0, 0.05) is 35.3 Å². The Hall–Kier alpha value is -3.22. The number of carbonyl (C=O) groups excluding carboxylic acids is 1. The number of H-pyrrole nitrogens is 1. The van der Waals surface area contributed by atoms with E-state index in [1.54, 1.807) is 42.6 Å². The monoisotopic (exact) mass is 335 g/mol. The smallest absolute Gasteiger partial charge is 0.276 e. The number of carbonyl (C=O) groups is 1. The molecule has 7 heteroatoms. The average molecular weight is 335 g/mol. The molecule has 3 aromatic rings. The van der Waals surface area contributed by atoms with Crippen molar-refractivity contribution in [2.45, 2.75) is 25.7 Å². The van der Waals surface area contributed by atoms with Crippen LogP contribution in [0.4, 0.5) is 5.69 Å². The summed E-state index contributed by atoms with van der Waals surface area (Å²) in [7, 11) is 0. The second-order valence-electron chi connectivity index (χ2n) is 5.88. The molecule has 1 amide bonds. The summed E-state index contributed by atoms with van der Waals surface area (Å²) in [5.74, 6) is 0.755. The molecule has 0 bridgehead atoms. The van der Waals surface area contributed by atoms with Gasteiger partial charge < -0.3 is 10.1 Å². The quantitative estimate of drug-likeness (QED) is 0.764. The maximum atomic E-state index is 12.6. The first-order valence-electron chi connectivity index (χ1n) is 8.23. The van der Waals surface area contributed by atoms with E-state index in [0.717, 1.165) is 36.9 Å². The minimum absolute atomic E-state index is 0.212. The largest absolute Gasteiger partial charge is 0.437 e. The van der Waals surface area contributed by atoms with Crippen molar-refractivity contribution in [3.8, 4) is 11.6 Å². The number of nitrogens with one attached hydrogen (secondary N) is 2. The number of amides is 1. The van der Waals surface area contributed by atoms with Crippen LogP contribution in [0, 0.1) is 0 Å². The first-order valence-corrected chi connectivity index (χ1v) is 8.23.